The lowest BCUT2D eigenvalue weighted by Gasteiger charge is -2.33. The molecule has 0 radical (unpaired) electrons. The lowest BCUT2D eigenvalue weighted by molar-refractivity contribution is 0.180. The van der Waals surface area contributed by atoms with Crippen molar-refractivity contribution in [1.82, 2.24) is 10.3 Å². The first-order valence-electron chi connectivity index (χ1n) is 14.8. The van der Waals surface area contributed by atoms with E-state index < -0.39 is 0 Å². The van der Waals surface area contributed by atoms with Gasteiger partial charge in [-0.1, -0.05) is 119 Å². The third-order valence-corrected chi connectivity index (χ3v) is 8.35. The predicted octanol–water partition coefficient (Wildman–Crippen LogP) is 10.1. The maximum atomic E-state index is 4.77. The average Bonchev–Trinajstić information content (AvgIpc) is 3.35. The number of benzene rings is 1. The van der Waals surface area contributed by atoms with Gasteiger partial charge >= 0.3 is 0 Å². The van der Waals surface area contributed by atoms with Crippen LogP contribution >= 0.6 is 0 Å². The lowest BCUT2D eigenvalue weighted by Crippen LogP contribution is -2.22. The molecule has 36 heavy (non-hydrogen) atoms. The summed E-state index contributed by atoms with van der Waals surface area (Å²) in [4.78, 5) is 4.77. The first-order valence-corrected chi connectivity index (χ1v) is 14.8. The highest BCUT2D eigenvalue weighted by molar-refractivity contribution is 5.82. The molecule has 2 aliphatic carbocycles. The van der Waals surface area contributed by atoms with Crippen molar-refractivity contribution in [2.45, 2.75) is 132 Å². The number of nitrogens with one attached hydrogen (secondary N) is 1. The van der Waals surface area contributed by atoms with Gasteiger partial charge in [-0.05, 0) is 72.4 Å². The Morgan fingerprint density at radius 2 is 1.19 bits per heavy atom. The van der Waals surface area contributed by atoms with Crippen LogP contribution in [0.2, 0.25) is 0 Å². The standard InChI is InChI=1S/C15H20N2.C10H20.C9H18/c1-15(2,3)13-7-5-6-11-8-9-12(10-16-4)17-14(11)13;1-10(2,3)9-7-5-4-6-8-9;1-9(2,3)8-6-4-5-7-8/h5-9,16H,10H2,1-4H3;9H,4-8H2,1-3H3;8H,4-7H2,1-3H3. The highest BCUT2D eigenvalue weighted by atomic mass is 14.8. The smallest absolute Gasteiger partial charge is 0.0743 e. The van der Waals surface area contributed by atoms with Gasteiger partial charge in [0, 0.05) is 11.9 Å². The van der Waals surface area contributed by atoms with Crippen molar-refractivity contribution < 1.29 is 0 Å². The van der Waals surface area contributed by atoms with Crippen molar-refractivity contribution in [2.75, 3.05) is 7.05 Å². The highest BCUT2D eigenvalue weighted by Gasteiger charge is 2.27. The molecule has 2 heteroatoms. The van der Waals surface area contributed by atoms with Gasteiger partial charge in [0.15, 0.2) is 0 Å². The summed E-state index contributed by atoms with van der Waals surface area (Å²) in [5.41, 5.74) is 4.82. The zero-order chi connectivity index (χ0) is 27.0. The quantitative estimate of drug-likeness (QED) is 0.449. The van der Waals surface area contributed by atoms with Crippen molar-refractivity contribution in [2.24, 2.45) is 22.7 Å². The number of nitrogens with zero attached hydrogens (tertiary/aromatic N) is 1. The van der Waals surface area contributed by atoms with E-state index in [1.165, 1.54) is 68.7 Å². The van der Waals surface area contributed by atoms with Crippen LogP contribution in [0.4, 0.5) is 0 Å². The molecule has 0 amide bonds. The third-order valence-electron chi connectivity index (χ3n) is 8.35. The van der Waals surface area contributed by atoms with Crippen molar-refractivity contribution in [3.05, 3.63) is 41.6 Å². The maximum absolute atomic E-state index is 4.77. The number of pyridine rings is 1. The summed E-state index contributed by atoms with van der Waals surface area (Å²) in [6, 6.07) is 10.7. The molecule has 204 valence electrons. The largest absolute Gasteiger partial charge is 0.314 e. The Morgan fingerprint density at radius 3 is 1.61 bits per heavy atom. The Kier molecular flexibility index (Phi) is 11.5. The molecule has 0 aliphatic heterocycles. The van der Waals surface area contributed by atoms with Crippen LogP contribution < -0.4 is 5.32 Å². The molecule has 1 heterocycles. The van der Waals surface area contributed by atoms with E-state index in [9.17, 15) is 0 Å². The van der Waals surface area contributed by atoms with Gasteiger partial charge in [-0.25, -0.2) is 0 Å². The number of aromatic nitrogens is 1. The van der Waals surface area contributed by atoms with Crippen LogP contribution in [0.25, 0.3) is 10.9 Å². The second-order valence-corrected chi connectivity index (χ2v) is 14.5. The van der Waals surface area contributed by atoms with Gasteiger partial charge < -0.3 is 5.32 Å². The van der Waals surface area contributed by atoms with Crippen LogP contribution in [0.15, 0.2) is 30.3 Å². The normalized spacial score (nSPS) is 17.8. The molecular formula is C34H58N2. The fourth-order valence-corrected chi connectivity index (χ4v) is 5.83. The first kappa shape index (κ1) is 30.8. The molecule has 2 aliphatic rings. The van der Waals surface area contributed by atoms with E-state index in [2.05, 4.69) is 98.0 Å². The molecule has 2 aromatic rings. The van der Waals surface area contributed by atoms with Crippen LogP contribution in [0, 0.1) is 22.7 Å². The molecule has 2 fully saturated rings. The molecule has 0 spiro atoms. The monoisotopic (exact) mass is 494 g/mol. The Bertz CT molecular complexity index is 895. The van der Waals surface area contributed by atoms with E-state index >= 15 is 0 Å². The molecule has 4 rings (SSSR count). The van der Waals surface area contributed by atoms with Gasteiger partial charge in [0.25, 0.3) is 0 Å². The average molecular weight is 495 g/mol. The molecule has 0 saturated heterocycles. The zero-order valence-electron chi connectivity index (χ0n) is 25.6. The molecule has 0 bridgehead atoms. The topological polar surface area (TPSA) is 24.9 Å². The summed E-state index contributed by atoms with van der Waals surface area (Å²) in [6.07, 6.45) is 13.3. The van der Waals surface area contributed by atoms with Crippen LogP contribution in [-0.2, 0) is 12.0 Å². The predicted molar refractivity (Wildman–Crippen MR) is 161 cm³/mol. The number of hydrogen-bond acceptors (Lipinski definition) is 2. The Hall–Kier alpha value is -1.41. The van der Waals surface area contributed by atoms with Gasteiger partial charge in [0.05, 0.1) is 11.2 Å². The van der Waals surface area contributed by atoms with Crippen molar-refractivity contribution in [3.8, 4) is 0 Å². The maximum Gasteiger partial charge on any atom is 0.0743 e. The number of para-hydroxylation sites is 1. The van der Waals surface area contributed by atoms with Gasteiger partial charge in [-0.3, -0.25) is 4.98 Å². The van der Waals surface area contributed by atoms with Crippen molar-refractivity contribution in [1.29, 1.82) is 0 Å². The van der Waals surface area contributed by atoms with Gasteiger partial charge in [-0.15, -0.1) is 0 Å². The molecule has 1 N–H and O–H groups in total. The Morgan fingerprint density at radius 1 is 0.694 bits per heavy atom. The molecule has 2 nitrogen and oxygen atoms in total. The summed E-state index contributed by atoms with van der Waals surface area (Å²) < 4.78 is 0. The summed E-state index contributed by atoms with van der Waals surface area (Å²) in [5.74, 6) is 2.01. The fraction of sp³-hybridized carbons (Fsp3) is 0.735. The van der Waals surface area contributed by atoms with E-state index in [1.807, 2.05) is 7.05 Å². The van der Waals surface area contributed by atoms with Crippen LogP contribution in [-0.4, -0.2) is 12.0 Å². The summed E-state index contributed by atoms with van der Waals surface area (Å²) in [6.45, 7) is 21.7. The molecular weight excluding hydrogens is 436 g/mol. The highest BCUT2D eigenvalue weighted by Crippen LogP contribution is 2.39. The SMILES string of the molecule is CC(C)(C)C1CCCC1.CC(C)(C)C1CCCCC1.CNCc1ccc2cccc(C(C)(C)C)c2n1. The molecule has 0 unspecified atom stereocenters. The van der Waals surface area contributed by atoms with Gasteiger partial charge in [0.1, 0.15) is 0 Å². The minimum absolute atomic E-state index is 0.130. The Labute approximate surface area is 224 Å². The van der Waals surface area contributed by atoms with Gasteiger partial charge in [0.2, 0.25) is 0 Å². The molecule has 2 saturated carbocycles. The molecule has 1 aromatic carbocycles. The van der Waals surface area contributed by atoms with Crippen molar-refractivity contribution >= 4 is 10.9 Å². The first-order chi connectivity index (χ1) is 16.7. The van der Waals surface area contributed by atoms with Crippen LogP contribution in [0.5, 0.6) is 0 Å². The zero-order valence-corrected chi connectivity index (χ0v) is 25.6. The van der Waals surface area contributed by atoms with E-state index in [1.54, 1.807) is 0 Å². The second-order valence-electron chi connectivity index (χ2n) is 14.5. The van der Waals surface area contributed by atoms with E-state index in [-0.39, 0.29) is 5.41 Å². The van der Waals surface area contributed by atoms with Crippen molar-refractivity contribution in [3.63, 3.8) is 0 Å². The number of rotatable bonds is 2. The number of fused-ring (bicyclic) bond motifs is 1. The second kappa shape index (κ2) is 13.4. The minimum Gasteiger partial charge on any atom is -0.314 e. The summed E-state index contributed by atoms with van der Waals surface area (Å²) >= 11 is 0. The molecule has 0 atom stereocenters. The van der Waals surface area contributed by atoms with Gasteiger partial charge in [-0.2, -0.15) is 0 Å². The third kappa shape index (κ3) is 9.81. The molecule has 1 aromatic heterocycles. The van der Waals surface area contributed by atoms with E-state index in [0.717, 1.165) is 29.6 Å². The summed E-state index contributed by atoms with van der Waals surface area (Å²) in [5, 5.41) is 4.36. The van der Waals surface area contributed by atoms with E-state index in [4.69, 9.17) is 4.98 Å². The number of hydrogen-bond donors (Lipinski definition) is 1. The van der Waals surface area contributed by atoms with Crippen LogP contribution in [0.1, 0.15) is 131 Å². The fourth-order valence-electron chi connectivity index (χ4n) is 5.83. The minimum atomic E-state index is 0.130. The van der Waals surface area contributed by atoms with E-state index in [0.29, 0.717) is 10.8 Å². The lowest BCUT2D eigenvalue weighted by atomic mass is 9.72. The van der Waals surface area contributed by atoms with Crippen LogP contribution in [0.3, 0.4) is 0 Å². The summed E-state index contributed by atoms with van der Waals surface area (Å²) in [7, 11) is 1.95. The Balaban J connectivity index is 0.000000205.